The molecular formula is C22H26N6S. The highest BCUT2D eigenvalue weighted by Gasteiger charge is 2.13. The Morgan fingerprint density at radius 3 is 2.79 bits per heavy atom. The molecule has 1 aromatic carbocycles. The van der Waals surface area contributed by atoms with Crippen molar-refractivity contribution in [3.8, 4) is 10.6 Å². The number of fused-ring (bicyclic) bond motifs is 2. The van der Waals surface area contributed by atoms with E-state index in [-0.39, 0.29) is 0 Å². The Balaban J connectivity index is 1.27. The lowest BCUT2D eigenvalue weighted by atomic mass is 10.2. The van der Waals surface area contributed by atoms with Gasteiger partial charge in [-0.05, 0) is 49.7 Å². The molecule has 4 heterocycles. The molecule has 1 fully saturated rings. The minimum Gasteiger partial charge on any atom is -0.369 e. The van der Waals surface area contributed by atoms with Gasteiger partial charge in [0.2, 0.25) is 0 Å². The van der Waals surface area contributed by atoms with Crippen molar-refractivity contribution in [1.82, 2.24) is 24.4 Å². The minimum atomic E-state index is 0.875. The van der Waals surface area contributed by atoms with Crippen LogP contribution in [0.1, 0.15) is 6.42 Å². The van der Waals surface area contributed by atoms with Crippen LogP contribution in [0.15, 0.2) is 48.7 Å². The fraction of sp³-hybridized carbons (Fsp3) is 0.364. The summed E-state index contributed by atoms with van der Waals surface area (Å²) in [7, 11) is 2.20. The highest BCUT2D eigenvalue weighted by Crippen LogP contribution is 2.33. The van der Waals surface area contributed by atoms with Crippen molar-refractivity contribution in [2.24, 2.45) is 0 Å². The maximum atomic E-state index is 4.81. The summed E-state index contributed by atoms with van der Waals surface area (Å²) in [4.78, 5) is 10.7. The summed E-state index contributed by atoms with van der Waals surface area (Å²) in [5.74, 6) is 0.899. The van der Waals surface area contributed by atoms with Crippen LogP contribution in [0.3, 0.4) is 0 Å². The van der Waals surface area contributed by atoms with Crippen molar-refractivity contribution in [2.45, 2.75) is 6.42 Å². The van der Waals surface area contributed by atoms with Gasteiger partial charge >= 0.3 is 0 Å². The molecule has 6 nitrogen and oxygen atoms in total. The molecule has 1 N–H and O–H groups in total. The third-order valence-electron chi connectivity index (χ3n) is 5.59. The zero-order valence-electron chi connectivity index (χ0n) is 16.7. The number of aromatic nitrogens is 3. The van der Waals surface area contributed by atoms with Crippen LogP contribution in [-0.4, -0.2) is 70.7 Å². The van der Waals surface area contributed by atoms with Gasteiger partial charge in [0.1, 0.15) is 11.5 Å². The number of anilines is 1. The number of thiophene rings is 1. The van der Waals surface area contributed by atoms with Gasteiger partial charge in [-0.1, -0.05) is 18.2 Å². The second-order valence-corrected chi connectivity index (χ2v) is 8.79. The molecule has 1 saturated heterocycles. The summed E-state index contributed by atoms with van der Waals surface area (Å²) >= 11 is 1.78. The largest absolute Gasteiger partial charge is 0.369 e. The number of rotatable bonds is 6. The fourth-order valence-electron chi connectivity index (χ4n) is 3.83. The molecule has 3 aromatic heterocycles. The van der Waals surface area contributed by atoms with Crippen LogP contribution < -0.4 is 5.32 Å². The van der Waals surface area contributed by atoms with E-state index in [0.717, 1.165) is 36.7 Å². The zero-order valence-corrected chi connectivity index (χ0v) is 17.5. The number of nitrogens with zero attached hydrogens (tertiary/aromatic N) is 5. The Kier molecular flexibility index (Phi) is 5.18. The first-order valence-electron chi connectivity index (χ1n) is 10.2. The van der Waals surface area contributed by atoms with E-state index in [2.05, 4.69) is 57.5 Å². The Hall–Kier alpha value is -2.48. The van der Waals surface area contributed by atoms with Crippen molar-refractivity contribution in [3.63, 3.8) is 0 Å². The minimum absolute atomic E-state index is 0.875. The molecule has 0 amide bonds. The average Bonchev–Trinajstić information content (AvgIpc) is 3.36. The number of likely N-dealkylation sites (N-methyl/N-ethyl adjacent to an activating group) is 1. The second kappa shape index (κ2) is 8.10. The molecule has 0 saturated carbocycles. The second-order valence-electron chi connectivity index (χ2n) is 7.71. The Bertz CT molecular complexity index is 1080. The van der Waals surface area contributed by atoms with E-state index in [1.54, 1.807) is 11.3 Å². The first kappa shape index (κ1) is 18.5. The lowest BCUT2D eigenvalue weighted by molar-refractivity contribution is 0.154. The van der Waals surface area contributed by atoms with Crippen LogP contribution in [0.25, 0.3) is 26.3 Å². The van der Waals surface area contributed by atoms with Crippen LogP contribution in [-0.2, 0) is 0 Å². The molecule has 1 aliphatic rings. The van der Waals surface area contributed by atoms with Crippen molar-refractivity contribution >= 4 is 32.9 Å². The van der Waals surface area contributed by atoms with Gasteiger partial charge in [0.05, 0.1) is 11.1 Å². The quantitative estimate of drug-likeness (QED) is 0.495. The van der Waals surface area contributed by atoms with Crippen molar-refractivity contribution in [3.05, 3.63) is 48.7 Å². The molecule has 0 bridgehead atoms. The summed E-state index contributed by atoms with van der Waals surface area (Å²) in [5.41, 5.74) is 1.92. The number of piperazine rings is 1. The number of hydrogen-bond donors (Lipinski definition) is 1. The van der Waals surface area contributed by atoms with Crippen LogP contribution in [0.5, 0.6) is 0 Å². The van der Waals surface area contributed by atoms with Gasteiger partial charge in [0.25, 0.3) is 0 Å². The van der Waals surface area contributed by atoms with Crippen molar-refractivity contribution < 1.29 is 0 Å². The fourth-order valence-corrected chi connectivity index (χ4v) is 4.89. The summed E-state index contributed by atoms with van der Waals surface area (Å²) in [6, 6.07) is 14.8. The summed E-state index contributed by atoms with van der Waals surface area (Å²) in [5, 5.41) is 9.56. The smallest absolute Gasteiger partial charge is 0.154 e. The molecular weight excluding hydrogens is 380 g/mol. The molecule has 0 atom stereocenters. The highest BCUT2D eigenvalue weighted by atomic mass is 32.1. The molecule has 0 aliphatic carbocycles. The number of imidazole rings is 1. The van der Waals surface area contributed by atoms with E-state index >= 15 is 0 Å². The van der Waals surface area contributed by atoms with Crippen LogP contribution in [0, 0.1) is 0 Å². The lowest BCUT2D eigenvalue weighted by Gasteiger charge is -2.32. The van der Waals surface area contributed by atoms with E-state index in [4.69, 9.17) is 5.10 Å². The van der Waals surface area contributed by atoms with Gasteiger partial charge in [-0.3, -0.25) is 0 Å². The number of benzene rings is 1. The van der Waals surface area contributed by atoms with Gasteiger partial charge < -0.3 is 15.1 Å². The maximum absolute atomic E-state index is 4.81. The van der Waals surface area contributed by atoms with Gasteiger partial charge in [-0.15, -0.1) is 16.4 Å². The SMILES string of the molecule is CN1CCN(CCCNc2ccc3ncc(-c4cc5ccccc5s4)n3n2)CC1. The Morgan fingerprint density at radius 1 is 1.07 bits per heavy atom. The topological polar surface area (TPSA) is 48.7 Å². The van der Waals surface area contributed by atoms with E-state index in [0.29, 0.717) is 0 Å². The van der Waals surface area contributed by atoms with E-state index in [1.165, 1.54) is 41.1 Å². The first-order chi connectivity index (χ1) is 14.3. The predicted octanol–water partition coefficient (Wildman–Crippen LogP) is 3.66. The van der Waals surface area contributed by atoms with Gasteiger partial charge in [0, 0.05) is 37.4 Å². The van der Waals surface area contributed by atoms with Crippen molar-refractivity contribution in [1.29, 1.82) is 0 Å². The van der Waals surface area contributed by atoms with Crippen molar-refractivity contribution in [2.75, 3.05) is 51.6 Å². The normalized spacial score (nSPS) is 16.0. The Morgan fingerprint density at radius 2 is 1.93 bits per heavy atom. The third kappa shape index (κ3) is 3.99. The predicted molar refractivity (Wildman–Crippen MR) is 121 cm³/mol. The first-order valence-corrected chi connectivity index (χ1v) is 11.1. The monoisotopic (exact) mass is 406 g/mol. The molecule has 5 rings (SSSR count). The van der Waals surface area contributed by atoms with Crippen LogP contribution in [0.2, 0.25) is 0 Å². The summed E-state index contributed by atoms with van der Waals surface area (Å²) < 4.78 is 3.24. The third-order valence-corrected chi connectivity index (χ3v) is 6.73. The molecule has 0 spiro atoms. The zero-order chi connectivity index (χ0) is 19.6. The average molecular weight is 407 g/mol. The standard InChI is InChI=1S/C22H26N6S/c1-26-11-13-27(14-12-26)10-4-9-23-21-7-8-22-24-16-18(28(22)25-21)20-15-17-5-2-3-6-19(17)29-20/h2-3,5-8,15-16H,4,9-14H2,1H3,(H,23,25). The van der Waals surface area contributed by atoms with E-state index < -0.39 is 0 Å². The molecule has 0 radical (unpaired) electrons. The molecule has 150 valence electrons. The molecule has 7 heteroatoms. The van der Waals surface area contributed by atoms with Gasteiger partial charge in [0.15, 0.2) is 5.65 Å². The summed E-state index contributed by atoms with van der Waals surface area (Å²) in [6.45, 7) is 6.76. The van der Waals surface area contributed by atoms with Gasteiger partial charge in [-0.25, -0.2) is 9.50 Å². The Labute approximate surface area is 174 Å². The molecule has 4 aromatic rings. The van der Waals surface area contributed by atoms with Crippen LogP contribution in [0.4, 0.5) is 5.82 Å². The molecule has 0 unspecified atom stereocenters. The number of hydrogen-bond acceptors (Lipinski definition) is 6. The number of nitrogens with one attached hydrogen (secondary N) is 1. The maximum Gasteiger partial charge on any atom is 0.154 e. The lowest BCUT2D eigenvalue weighted by Crippen LogP contribution is -2.44. The van der Waals surface area contributed by atoms with Crippen LogP contribution >= 0.6 is 11.3 Å². The molecule has 1 aliphatic heterocycles. The summed E-state index contributed by atoms with van der Waals surface area (Å²) in [6.07, 6.45) is 3.04. The van der Waals surface area contributed by atoms with E-state index in [1.807, 2.05) is 22.8 Å². The van der Waals surface area contributed by atoms with Gasteiger partial charge in [-0.2, -0.15) is 0 Å². The highest BCUT2D eigenvalue weighted by molar-refractivity contribution is 7.22. The molecule has 29 heavy (non-hydrogen) atoms. The van der Waals surface area contributed by atoms with E-state index in [9.17, 15) is 0 Å².